The van der Waals surface area contributed by atoms with Crippen LogP contribution in [0.15, 0.2) is 30.4 Å². The second-order valence-corrected chi connectivity index (χ2v) is 3.41. The first-order valence-corrected chi connectivity index (χ1v) is 4.48. The molecule has 0 N–H and O–H groups in total. The lowest BCUT2D eigenvalue weighted by molar-refractivity contribution is 0.353. The van der Waals surface area contributed by atoms with Gasteiger partial charge in [-0.05, 0) is 30.7 Å². The van der Waals surface area contributed by atoms with Crippen LogP contribution in [0.1, 0.15) is 12.5 Å². The number of benzene rings is 1. The number of ether oxygens (including phenoxy) is 1. The van der Waals surface area contributed by atoms with E-state index in [1.54, 1.807) is 18.2 Å². The van der Waals surface area contributed by atoms with Gasteiger partial charge in [-0.1, -0.05) is 18.2 Å². The average molecular weight is 208 g/mol. The minimum absolute atomic E-state index is 0.436. The van der Waals surface area contributed by atoms with Crippen LogP contribution >= 0.6 is 11.6 Å². The zero-order valence-electron chi connectivity index (χ0n) is 7.88. The Balaban J connectivity index is 2.80. The third-order valence-corrected chi connectivity index (χ3v) is 1.83. The number of hydrogen-bond acceptors (Lipinski definition) is 2. The molecule has 1 aromatic rings. The summed E-state index contributed by atoms with van der Waals surface area (Å²) in [5.74, 6) is 0.577. The van der Waals surface area contributed by atoms with E-state index in [9.17, 15) is 0 Å². The number of halogens is 1. The normalized spacial score (nSPS) is 9.21. The van der Waals surface area contributed by atoms with Crippen molar-refractivity contribution < 1.29 is 4.74 Å². The van der Waals surface area contributed by atoms with Gasteiger partial charge in [-0.15, -0.1) is 0 Å². The molecule has 0 radical (unpaired) electrons. The summed E-state index contributed by atoms with van der Waals surface area (Å²) < 4.78 is 5.36. The minimum atomic E-state index is 0.436. The lowest BCUT2D eigenvalue weighted by Crippen LogP contribution is -1.98. The molecule has 0 bridgehead atoms. The largest absolute Gasteiger partial charge is 0.488 e. The summed E-state index contributed by atoms with van der Waals surface area (Å²) in [6.07, 6.45) is 0. The fraction of sp³-hybridized carbons (Fsp3) is 0.182. The summed E-state index contributed by atoms with van der Waals surface area (Å²) in [7, 11) is 0. The highest BCUT2D eigenvalue weighted by atomic mass is 35.5. The minimum Gasteiger partial charge on any atom is -0.488 e. The van der Waals surface area contributed by atoms with Crippen LogP contribution in [0.25, 0.3) is 0 Å². The molecule has 0 amide bonds. The van der Waals surface area contributed by atoms with Crippen LogP contribution in [0.4, 0.5) is 0 Å². The van der Waals surface area contributed by atoms with E-state index < -0.39 is 0 Å². The van der Waals surface area contributed by atoms with Gasteiger partial charge in [0.15, 0.2) is 0 Å². The van der Waals surface area contributed by atoms with Gasteiger partial charge in [0, 0.05) is 0 Å². The summed E-state index contributed by atoms with van der Waals surface area (Å²) in [5, 5.41) is 9.06. The van der Waals surface area contributed by atoms with Crippen molar-refractivity contribution in [1.29, 1.82) is 5.26 Å². The summed E-state index contributed by atoms with van der Waals surface area (Å²) in [4.78, 5) is 0. The second-order valence-electron chi connectivity index (χ2n) is 3.00. The van der Waals surface area contributed by atoms with Gasteiger partial charge in [-0.2, -0.15) is 5.26 Å². The van der Waals surface area contributed by atoms with Crippen LogP contribution in [0.5, 0.6) is 5.75 Å². The molecule has 0 unspecified atom stereocenters. The maximum atomic E-state index is 8.61. The van der Waals surface area contributed by atoms with Gasteiger partial charge < -0.3 is 4.74 Å². The third kappa shape index (κ3) is 2.79. The Kier molecular flexibility index (Phi) is 3.55. The van der Waals surface area contributed by atoms with Gasteiger partial charge >= 0.3 is 0 Å². The Labute approximate surface area is 88.4 Å². The average Bonchev–Trinajstić information content (AvgIpc) is 2.15. The molecule has 72 valence electrons. The van der Waals surface area contributed by atoms with E-state index in [1.807, 2.05) is 13.0 Å². The molecule has 0 aliphatic rings. The van der Waals surface area contributed by atoms with Crippen LogP contribution in [0.2, 0.25) is 5.02 Å². The highest BCUT2D eigenvalue weighted by Gasteiger charge is 2.02. The van der Waals surface area contributed by atoms with E-state index in [-0.39, 0.29) is 0 Å². The molecule has 1 aromatic carbocycles. The number of nitrogens with zero attached hydrogens (tertiary/aromatic N) is 1. The number of nitriles is 1. The van der Waals surface area contributed by atoms with Crippen molar-refractivity contribution in [3.63, 3.8) is 0 Å². The standard InChI is InChI=1S/C11H10ClNO/c1-8(2)7-14-11-4-3-9(6-13)5-10(11)12/h3-5H,1,7H2,2H3. The third-order valence-electron chi connectivity index (χ3n) is 1.54. The molecule has 1 rings (SSSR count). The van der Waals surface area contributed by atoms with Gasteiger partial charge in [0.25, 0.3) is 0 Å². The van der Waals surface area contributed by atoms with E-state index in [1.165, 1.54) is 0 Å². The predicted octanol–water partition coefficient (Wildman–Crippen LogP) is 3.17. The van der Waals surface area contributed by atoms with Crippen molar-refractivity contribution in [3.05, 3.63) is 40.9 Å². The van der Waals surface area contributed by atoms with Crippen LogP contribution in [-0.2, 0) is 0 Å². The van der Waals surface area contributed by atoms with Crippen LogP contribution < -0.4 is 4.74 Å². The van der Waals surface area contributed by atoms with Crippen molar-refractivity contribution in [1.82, 2.24) is 0 Å². The molecule has 2 nitrogen and oxygen atoms in total. The molecule has 3 heteroatoms. The van der Waals surface area contributed by atoms with Crippen molar-refractivity contribution in [2.24, 2.45) is 0 Å². The molecular formula is C11H10ClNO. The topological polar surface area (TPSA) is 33.0 Å². The smallest absolute Gasteiger partial charge is 0.138 e. The quantitative estimate of drug-likeness (QED) is 0.714. The second kappa shape index (κ2) is 4.69. The highest BCUT2D eigenvalue weighted by molar-refractivity contribution is 6.32. The first kappa shape index (κ1) is 10.6. The Morgan fingerprint density at radius 1 is 1.64 bits per heavy atom. The van der Waals surface area contributed by atoms with Crippen LogP contribution in [0.3, 0.4) is 0 Å². The Hall–Kier alpha value is -1.46. The number of rotatable bonds is 3. The van der Waals surface area contributed by atoms with Crippen molar-refractivity contribution in [2.45, 2.75) is 6.92 Å². The molecule has 0 saturated carbocycles. The SMILES string of the molecule is C=C(C)COc1ccc(C#N)cc1Cl. The molecular weight excluding hydrogens is 198 g/mol. The summed E-state index contributed by atoms with van der Waals surface area (Å²) in [6.45, 7) is 6.02. The summed E-state index contributed by atoms with van der Waals surface area (Å²) in [5.41, 5.74) is 1.45. The fourth-order valence-corrected chi connectivity index (χ4v) is 1.12. The monoisotopic (exact) mass is 207 g/mol. The molecule has 0 fully saturated rings. The van der Waals surface area contributed by atoms with Gasteiger partial charge in [-0.25, -0.2) is 0 Å². The van der Waals surface area contributed by atoms with Crippen LogP contribution in [-0.4, -0.2) is 6.61 Å². The molecule has 0 saturated heterocycles. The summed E-state index contributed by atoms with van der Waals surface area (Å²) >= 11 is 5.89. The zero-order chi connectivity index (χ0) is 10.6. The first-order valence-electron chi connectivity index (χ1n) is 4.10. The van der Waals surface area contributed by atoms with Crippen molar-refractivity contribution in [2.75, 3.05) is 6.61 Å². The number of hydrogen-bond donors (Lipinski definition) is 0. The molecule has 0 aliphatic carbocycles. The van der Waals surface area contributed by atoms with Crippen LogP contribution in [0, 0.1) is 11.3 Å². The van der Waals surface area contributed by atoms with Gasteiger partial charge in [-0.3, -0.25) is 0 Å². The molecule has 0 heterocycles. The predicted molar refractivity (Wildman–Crippen MR) is 56.5 cm³/mol. The lowest BCUT2D eigenvalue weighted by Gasteiger charge is -2.07. The van der Waals surface area contributed by atoms with E-state index in [0.29, 0.717) is 22.9 Å². The Morgan fingerprint density at radius 2 is 2.36 bits per heavy atom. The van der Waals surface area contributed by atoms with Crippen molar-refractivity contribution in [3.8, 4) is 11.8 Å². The van der Waals surface area contributed by atoms with E-state index in [4.69, 9.17) is 21.6 Å². The highest BCUT2D eigenvalue weighted by Crippen LogP contribution is 2.25. The molecule has 0 aromatic heterocycles. The Bertz CT molecular complexity index is 393. The maximum Gasteiger partial charge on any atom is 0.138 e. The van der Waals surface area contributed by atoms with Gasteiger partial charge in [0.05, 0.1) is 16.7 Å². The lowest BCUT2D eigenvalue weighted by atomic mass is 10.2. The van der Waals surface area contributed by atoms with Gasteiger partial charge in [0.2, 0.25) is 0 Å². The van der Waals surface area contributed by atoms with E-state index in [2.05, 4.69) is 6.58 Å². The van der Waals surface area contributed by atoms with Gasteiger partial charge in [0.1, 0.15) is 12.4 Å². The van der Waals surface area contributed by atoms with Crippen molar-refractivity contribution >= 4 is 11.6 Å². The Morgan fingerprint density at radius 3 is 2.86 bits per heavy atom. The molecule has 0 spiro atoms. The van der Waals surface area contributed by atoms with E-state index >= 15 is 0 Å². The zero-order valence-corrected chi connectivity index (χ0v) is 8.64. The fourth-order valence-electron chi connectivity index (χ4n) is 0.888. The molecule has 0 atom stereocenters. The van der Waals surface area contributed by atoms with E-state index in [0.717, 1.165) is 5.57 Å². The molecule has 0 aliphatic heterocycles. The molecule has 14 heavy (non-hydrogen) atoms. The summed E-state index contributed by atoms with van der Waals surface area (Å²) in [6, 6.07) is 6.93. The first-order chi connectivity index (χ1) is 6.63. The maximum absolute atomic E-state index is 8.61.